The van der Waals surface area contributed by atoms with Crippen LogP contribution in [0.25, 0.3) is 39.0 Å². The van der Waals surface area contributed by atoms with Crippen LogP contribution >= 0.6 is 23.2 Å². The third-order valence-corrected chi connectivity index (χ3v) is 10.4. The molecule has 274 valence electrons. The van der Waals surface area contributed by atoms with Crippen molar-refractivity contribution in [1.82, 2.24) is 30.7 Å². The number of rotatable bonds is 13. The van der Waals surface area contributed by atoms with Gasteiger partial charge < -0.3 is 26.0 Å². The molecule has 5 aromatic rings. The van der Waals surface area contributed by atoms with Gasteiger partial charge in [-0.25, -0.2) is 4.98 Å². The molecule has 10 nitrogen and oxygen atoms in total. The summed E-state index contributed by atoms with van der Waals surface area (Å²) in [6.45, 7) is -1.36. The number of hydrogen-bond acceptors (Lipinski definition) is 7. The average molecular weight is 762 g/mol. The molecule has 0 spiro atoms. The number of aromatic nitrogens is 2. The molecule has 2 fully saturated rings. The first-order valence-electron chi connectivity index (χ1n) is 17.3. The Balaban J connectivity index is 1.12. The number of pyridine rings is 1. The van der Waals surface area contributed by atoms with Crippen molar-refractivity contribution < 1.29 is 23.1 Å². The number of carbonyl (C=O) groups is 2. The minimum atomic E-state index is -3.03. The second-order valence-corrected chi connectivity index (χ2v) is 13.9. The number of carbonyl (C=O) groups excluding carboxylic acids is 2. The topological polar surface area (TPSA) is 126 Å². The summed E-state index contributed by atoms with van der Waals surface area (Å²) in [7, 11) is 0. The quantitative estimate of drug-likeness (QED) is 0.110. The van der Waals surface area contributed by atoms with Crippen molar-refractivity contribution in [2.24, 2.45) is 0 Å². The van der Waals surface area contributed by atoms with Crippen LogP contribution in [0.15, 0.2) is 83.9 Å². The van der Waals surface area contributed by atoms with Gasteiger partial charge in [0.15, 0.2) is 0 Å². The third kappa shape index (κ3) is 8.21. The van der Waals surface area contributed by atoms with Gasteiger partial charge >= 0.3 is 6.61 Å². The molecule has 2 saturated heterocycles. The van der Waals surface area contributed by atoms with E-state index in [1.54, 1.807) is 48.8 Å². The molecular weight excluding hydrogens is 725 g/mol. The van der Waals surface area contributed by atoms with Gasteiger partial charge in [-0.05, 0) is 42.2 Å². The lowest BCUT2D eigenvalue weighted by atomic mass is 9.95. The molecule has 4 N–H and O–H groups in total. The van der Waals surface area contributed by atoms with Gasteiger partial charge in [-0.1, -0.05) is 71.7 Å². The highest BCUT2D eigenvalue weighted by Gasteiger charge is 2.22. The van der Waals surface area contributed by atoms with Crippen LogP contribution in [-0.2, 0) is 22.7 Å². The van der Waals surface area contributed by atoms with Gasteiger partial charge in [0.1, 0.15) is 11.4 Å². The maximum atomic E-state index is 13.5. The highest BCUT2D eigenvalue weighted by molar-refractivity contribution is 6.39. The molecule has 0 radical (unpaired) electrons. The fourth-order valence-electron chi connectivity index (χ4n) is 6.82. The normalized spacial score (nSPS) is 17.1. The Morgan fingerprint density at radius 3 is 1.91 bits per heavy atom. The van der Waals surface area contributed by atoms with E-state index in [4.69, 9.17) is 27.9 Å². The first-order valence-corrected chi connectivity index (χ1v) is 18.1. The Kier molecular flexibility index (Phi) is 11.0. The summed E-state index contributed by atoms with van der Waals surface area (Å²) in [6, 6.07) is 19.8. The zero-order valence-electron chi connectivity index (χ0n) is 28.4. The van der Waals surface area contributed by atoms with E-state index < -0.39 is 6.61 Å². The number of fused-ring (bicyclic) bond motifs is 1. The van der Waals surface area contributed by atoms with E-state index in [-0.39, 0.29) is 41.8 Å². The molecule has 3 aromatic carbocycles. The Morgan fingerprint density at radius 2 is 1.34 bits per heavy atom. The first-order chi connectivity index (χ1) is 25.6. The Labute approximate surface area is 313 Å². The number of hydrogen-bond donors (Lipinski definition) is 4. The summed E-state index contributed by atoms with van der Waals surface area (Å²) >= 11 is 14.1. The van der Waals surface area contributed by atoms with Gasteiger partial charge in [-0.3, -0.25) is 18.8 Å². The van der Waals surface area contributed by atoms with Crippen LogP contribution < -0.4 is 31.6 Å². The Hall–Kier alpha value is -4.88. The second kappa shape index (κ2) is 16.0. The largest absolute Gasteiger partial charge is 0.434 e. The number of halogens is 4. The van der Waals surface area contributed by atoms with Crippen molar-refractivity contribution in [2.75, 3.05) is 13.1 Å². The van der Waals surface area contributed by atoms with Crippen LogP contribution in [0.3, 0.4) is 0 Å². The molecule has 0 unspecified atom stereocenters. The summed E-state index contributed by atoms with van der Waals surface area (Å²) in [5.41, 5.74) is 5.22. The highest BCUT2D eigenvalue weighted by atomic mass is 35.5. The maximum absolute atomic E-state index is 13.5. The molecule has 0 saturated carbocycles. The van der Waals surface area contributed by atoms with Gasteiger partial charge in [-0.2, -0.15) is 8.78 Å². The number of alkyl halides is 2. The van der Waals surface area contributed by atoms with E-state index in [0.717, 1.165) is 18.4 Å². The second-order valence-electron chi connectivity index (χ2n) is 13.1. The monoisotopic (exact) mass is 760 g/mol. The van der Waals surface area contributed by atoms with E-state index in [1.165, 1.54) is 4.40 Å². The summed E-state index contributed by atoms with van der Waals surface area (Å²) in [6.07, 6.45) is 5.71. The predicted molar refractivity (Wildman–Crippen MR) is 200 cm³/mol. The number of nitrogens with zero attached hydrogens (tertiary/aromatic N) is 2. The summed E-state index contributed by atoms with van der Waals surface area (Å²) in [4.78, 5) is 40.8. The zero-order chi connectivity index (χ0) is 37.1. The Morgan fingerprint density at radius 1 is 0.774 bits per heavy atom. The summed E-state index contributed by atoms with van der Waals surface area (Å²) < 4.78 is 33.4. The highest BCUT2D eigenvalue weighted by Crippen LogP contribution is 2.43. The molecule has 2 aliphatic rings. The molecule has 2 aromatic heterocycles. The van der Waals surface area contributed by atoms with Gasteiger partial charge in [-0.15, -0.1) is 0 Å². The van der Waals surface area contributed by atoms with E-state index >= 15 is 0 Å². The van der Waals surface area contributed by atoms with E-state index in [2.05, 4.69) is 26.3 Å². The van der Waals surface area contributed by atoms with Crippen LogP contribution in [0.2, 0.25) is 10.0 Å². The molecule has 14 heteroatoms. The van der Waals surface area contributed by atoms with Crippen molar-refractivity contribution in [3.8, 4) is 39.1 Å². The number of ether oxygens (including phenoxy) is 1. The van der Waals surface area contributed by atoms with Crippen molar-refractivity contribution in [2.45, 2.75) is 57.5 Å². The van der Waals surface area contributed by atoms with Crippen molar-refractivity contribution in [1.29, 1.82) is 0 Å². The molecule has 2 atom stereocenters. The SMILES string of the molecule is O=C1CC[C@H](CNCc2ccc(-c3cccc(-c4cccc(-c5ccn6c(=O)c(CNC[C@@H]7CCC(=O)N7)cnc6c5)c4Cl)c3Cl)cc2OC(F)F)N1. The molecule has 2 aliphatic heterocycles. The van der Waals surface area contributed by atoms with Crippen LogP contribution in [-0.4, -0.2) is 53.0 Å². The molecule has 7 rings (SSSR count). The van der Waals surface area contributed by atoms with E-state index in [1.807, 2.05) is 30.3 Å². The van der Waals surface area contributed by atoms with Gasteiger partial charge in [0.05, 0.1) is 10.0 Å². The summed E-state index contributed by atoms with van der Waals surface area (Å²) in [5, 5.41) is 13.1. The molecule has 4 heterocycles. The molecule has 2 amide bonds. The van der Waals surface area contributed by atoms with Crippen molar-refractivity contribution in [3.05, 3.63) is 111 Å². The zero-order valence-corrected chi connectivity index (χ0v) is 29.9. The van der Waals surface area contributed by atoms with Crippen LogP contribution in [0.1, 0.15) is 36.8 Å². The minimum Gasteiger partial charge on any atom is -0.434 e. The molecule has 0 aliphatic carbocycles. The standard InChI is InChI=1S/C39H36Cl2F2N6O4/c40-36-28(22-7-8-24(32(15-22)53-39(42)43)17-44-20-26-9-11-34(50)47-26)3-1-5-30(36)31-6-2-4-29(37(31)41)23-13-14-49-33(16-23)46-19-25(38(49)52)18-45-21-27-10-12-35(51)48-27/h1-8,13-16,19,26-27,39,44-45H,9-12,17-18,20-21H2,(H,47,50)(H,48,51)/t26-,27+/m1/s1. The molecule has 0 bridgehead atoms. The lowest BCUT2D eigenvalue weighted by Gasteiger charge is -2.17. The predicted octanol–water partition coefficient (Wildman–Crippen LogP) is 6.34. The molecule has 53 heavy (non-hydrogen) atoms. The Bertz CT molecular complexity index is 2250. The number of benzene rings is 3. The van der Waals surface area contributed by atoms with Crippen molar-refractivity contribution >= 4 is 40.7 Å². The summed E-state index contributed by atoms with van der Waals surface area (Å²) in [5.74, 6) is 0.0704. The lowest BCUT2D eigenvalue weighted by molar-refractivity contribution is -0.120. The number of amides is 2. The van der Waals surface area contributed by atoms with Crippen LogP contribution in [0.4, 0.5) is 8.78 Å². The fraction of sp³-hybridized carbons (Fsp3) is 0.282. The van der Waals surface area contributed by atoms with Gasteiger partial charge in [0, 0.05) is 96.9 Å². The maximum Gasteiger partial charge on any atom is 0.387 e. The van der Waals surface area contributed by atoms with Crippen LogP contribution in [0.5, 0.6) is 5.75 Å². The van der Waals surface area contributed by atoms with Crippen molar-refractivity contribution in [3.63, 3.8) is 0 Å². The van der Waals surface area contributed by atoms with E-state index in [9.17, 15) is 23.2 Å². The molecular formula is C39H36Cl2F2N6O4. The van der Waals surface area contributed by atoms with E-state index in [0.29, 0.717) is 87.1 Å². The third-order valence-electron chi connectivity index (χ3n) is 9.56. The minimum absolute atomic E-state index is 0.00310. The van der Waals surface area contributed by atoms with Gasteiger partial charge in [0.2, 0.25) is 11.8 Å². The van der Waals surface area contributed by atoms with Gasteiger partial charge in [0.25, 0.3) is 5.56 Å². The van der Waals surface area contributed by atoms with Crippen LogP contribution in [0, 0.1) is 0 Å². The fourth-order valence-corrected chi connectivity index (χ4v) is 7.50. The smallest absolute Gasteiger partial charge is 0.387 e. The lowest BCUT2D eigenvalue weighted by Crippen LogP contribution is -2.36. The average Bonchev–Trinajstić information content (AvgIpc) is 3.76. The number of nitrogens with one attached hydrogen (secondary N) is 4. The first kappa shape index (κ1) is 36.5.